The van der Waals surface area contributed by atoms with Gasteiger partial charge in [-0.05, 0) is 32.3 Å². The third kappa shape index (κ3) is 2.90. The van der Waals surface area contributed by atoms with Gasteiger partial charge in [0, 0.05) is 17.8 Å². The Morgan fingerprint density at radius 1 is 1.32 bits per heavy atom. The van der Waals surface area contributed by atoms with Crippen LogP contribution in [0.4, 0.5) is 0 Å². The molecule has 0 unspecified atom stereocenters. The topological polar surface area (TPSA) is 72.9 Å². The van der Waals surface area contributed by atoms with E-state index in [1.807, 2.05) is 36.7 Å². The van der Waals surface area contributed by atoms with Crippen molar-refractivity contribution in [1.29, 1.82) is 0 Å². The molecule has 116 valence electrons. The van der Waals surface area contributed by atoms with Gasteiger partial charge in [-0.15, -0.1) is 0 Å². The second kappa shape index (κ2) is 5.57. The van der Waals surface area contributed by atoms with Gasteiger partial charge < -0.3 is 11.1 Å². The lowest BCUT2D eigenvalue weighted by Gasteiger charge is -2.10. The minimum atomic E-state index is -0.623. The van der Waals surface area contributed by atoms with E-state index in [1.165, 1.54) is 5.56 Å². The van der Waals surface area contributed by atoms with Crippen LogP contribution in [0.15, 0.2) is 30.3 Å². The maximum Gasteiger partial charge on any atom is 0.240 e. The van der Waals surface area contributed by atoms with Gasteiger partial charge in [0.25, 0.3) is 0 Å². The molecule has 1 amide bonds. The molecule has 1 aliphatic rings. The van der Waals surface area contributed by atoms with Crippen LogP contribution in [0.2, 0.25) is 0 Å². The zero-order chi connectivity index (χ0) is 15.7. The number of aromatic nitrogens is 2. The highest BCUT2D eigenvalue weighted by Crippen LogP contribution is 2.32. The number of carbonyl (C=O) groups is 1. The summed E-state index contributed by atoms with van der Waals surface area (Å²) in [4.78, 5) is 12.0. The highest BCUT2D eigenvalue weighted by Gasteiger charge is 2.45. The molecule has 1 aromatic heterocycles. The first-order chi connectivity index (χ1) is 10.5. The fourth-order valence-electron chi connectivity index (χ4n) is 2.61. The lowest BCUT2D eigenvalue weighted by molar-refractivity contribution is -0.123. The van der Waals surface area contributed by atoms with Crippen LogP contribution >= 0.6 is 0 Å². The van der Waals surface area contributed by atoms with Gasteiger partial charge in [-0.25, -0.2) is 0 Å². The first kappa shape index (κ1) is 14.8. The molecular formula is C17H22N4O. The van der Waals surface area contributed by atoms with E-state index >= 15 is 0 Å². The average Bonchev–Trinajstić information content (AvgIpc) is 3.20. The fraction of sp³-hybridized carbons (Fsp3) is 0.412. The van der Waals surface area contributed by atoms with Gasteiger partial charge in [0.05, 0.1) is 17.8 Å². The van der Waals surface area contributed by atoms with Crippen LogP contribution in [-0.2, 0) is 17.9 Å². The Kier molecular flexibility index (Phi) is 3.74. The summed E-state index contributed by atoms with van der Waals surface area (Å²) in [6.07, 6.45) is 1.56. The highest BCUT2D eigenvalue weighted by molar-refractivity contribution is 5.88. The van der Waals surface area contributed by atoms with Crippen LogP contribution < -0.4 is 11.1 Å². The van der Waals surface area contributed by atoms with E-state index < -0.39 is 5.54 Å². The van der Waals surface area contributed by atoms with Gasteiger partial charge in [-0.1, -0.05) is 30.3 Å². The zero-order valence-corrected chi connectivity index (χ0v) is 13.1. The third-order valence-corrected chi connectivity index (χ3v) is 4.37. The second-order valence-electron chi connectivity index (χ2n) is 6.13. The molecule has 0 bridgehead atoms. The molecule has 1 heterocycles. The summed E-state index contributed by atoms with van der Waals surface area (Å²) in [5, 5.41) is 7.54. The number of rotatable bonds is 5. The predicted octanol–water partition coefficient (Wildman–Crippen LogP) is 1.66. The smallest absolute Gasteiger partial charge is 0.240 e. The van der Waals surface area contributed by atoms with Crippen LogP contribution in [0.3, 0.4) is 0 Å². The summed E-state index contributed by atoms with van der Waals surface area (Å²) in [5.74, 6) is -0.0536. The summed E-state index contributed by atoms with van der Waals surface area (Å²) >= 11 is 0. The molecule has 3 N–H and O–H groups in total. The number of benzene rings is 1. The molecule has 0 aliphatic heterocycles. The van der Waals surface area contributed by atoms with Crippen molar-refractivity contribution in [3.63, 3.8) is 0 Å². The number of amides is 1. The maximum atomic E-state index is 12.0. The molecule has 0 radical (unpaired) electrons. The van der Waals surface area contributed by atoms with Crippen LogP contribution in [0.25, 0.3) is 0 Å². The summed E-state index contributed by atoms with van der Waals surface area (Å²) in [6, 6.07) is 10.2. The zero-order valence-electron chi connectivity index (χ0n) is 13.1. The van der Waals surface area contributed by atoms with E-state index in [0.29, 0.717) is 6.54 Å². The number of carbonyl (C=O) groups excluding carboxylic acids is 1. The molecule has 5 nitrogen and oxygen atoms in total. The Balaban J connectivity index is 1.71. The summed E-state index contributed by atoms with van der Waals surface area (Å²) < 4.78 is 1.99. The first-order valence-corrected chi connectivity index (χ1v) is 7.63. The largest absolute Gasteiger partial charge is 0.350 e. The van der Waals surface area contributed by atoms with Crippen LogP contribution in [0, 0.1) is 13.8 Å². The molecule has 1 aromatic carbocycles. The van der Waals surface area contributed by atoms with Crippen molar-refractivity contribution in [3.05, 3.63) is 52.8 Å². The maximum absolute atomic E-state index is 12.0. The monoisotopic (exact) mass is 298 g/mol. The minimum Gasteiger partial charge on any atom is -0.350 e. The van der Waals surface area contributed by atoms with Crippen molar-refractivity contribution in [2.45, 2.75) is 45.3 Å². The average molecular weight is 298 g/mol. The van der Waals surface area contributed by atoms with Gasteiger partial charge in [0.2, 0.25) is 5.91 Å². The number of hydrogen-bond donors (Lipinski definition) is 2. The van der Waals surface area contributed by atoms with Gasteiger partial charge in [-0.2, -0.15) is 5.10 Å². The molecule has 1 saturated carbocycles. The Hall–Kier alpha value is -2.14. The van der Waals surface area contributed by atoms with E-state index in [2.05, 4.69) is 22.5 Å². The fourth-order valence-corrected chi connectivity index (χ4v) is 2.61. The minimum absolute atomic E-state index is 0.0536. The number of nitrogens with one attached hydrogen (secondary N) is 1. The van der Waals surface area contributed by atoms with E-state index in [-0.39, 0.29) is 5.91 Å². The number of hydrogen-bond acceptors (Lipinski definition) is 3. The molecule has 1 fully saturated rings. The molecule has 0 saturated heterocycles. The molecule has 0 spiro atoms. The summed E-state index contributed by atoms with van der Waals surface area (Å²) in [5.41, 5.74) is 9.61. The second-order valence-corrected chi connectivity index (χ2v) is 6.13. The van der Waals surface area contributed by atoms with E-state index in [0.717, 1.165) is 36.3 Å². The lowest BCUT2D eigenvalue weighted by atomic mass is 10.1. The van der Waals surface area contributed by atoms with Crippen molar-refractivity contribution in [2.75, 3.05) is 0 Å². The molecule has 2 aromatic rings. The van der Waals surface area contributed by atoms with E-state index in [1.54, 1.807) is 0 Å². The van der Waals surface area contributed by atoms with Crippen LogP contribution in [0.1, 0.15) is 35.4 Å². The molecule has 5 heteroatoms. The van der Waals surface area contributed by atoms with Gasteiger partial charge in [-0.3, -0.25) is 9.48 Å². The SMILES string of the molecule is Cc1nn(Cc2ccccc2)c(C)c1CNC(=O)C1(N)CC1. The Labute approximate surface area is 130 Å². The quantitative estimate of drug-likeness (QED) is 0.881. The normalized spacial score (nSPS) is 15.6. The number of nitrogens with zero attached hydrogens (tertiary/aromatic N) is 2. The molecule has 0 atom stereocenters. The predicted molar refractivity (Wildman–Crippen MR) is 85.2 cm³/mol. The van der Waals surface area contributed by atoms with Gasteiger partial charge in [0.1, 0.15) is 0 Å². The highest BCUT2D eigenvalue weighted by atomic mass is 16.2. The number of aryl methyl sites for hydroxylation is 1. The lowest BCUT2D eigenvalue weighted by Crippen LogP contribution is -2.42. The van der Waals surface area contributed by atoms with Crippen LogP contribution in [-0.4, -0.2) is 21.2 Å². The van der Waals surface area contributed by atoms with Crippen molar-refractivity contribution in [1.82, 2.24) is 15.1 Å². The molecule has 3 rings (SSSR count). The number of nitrogens with two attached hydrogens (primary N) is 1. The van der Waals surface area contributed by atoms with Gasteiger partial charge >= 0.3 is 0 Å². The Morgan fingerprint density at radius 3 is 2.64 bits per heavy atom. The molecule has 1 aliphatic carbocycles. The van der Waals surface area contributed by atoms with E-state index in [9.17, 15) is 4.79 Å². The first-order valence-electron chi connectivity index (χ1n) is 7.63. The Bertz CT molecular complexity index is 686. The summed E-state index contributed by atoms with van der Waals surface area (Å²) in [6.45, 7) is 5.25. The Morgan fingerprint density at radius 2 is 2.00 bits per heavy atom. The summed E-state index contributed by atoms with van der Waals surface area (Å²) in [7, 11) is 0. The standard InChI is InChI=1S/C17H22N4O/c1-12-15(10-19-16(22)17(18)8-9-17)13(2)21(20-12)11-14-6-4-3-5-7-14/h3-7H,8-11,18H2,1-2H3,(H,19,22). The van der Waals surface area contributed by atoms with Crippen molar-refractivity contribution < 1.29 is 4.79 Å². The third-order valence-electron chi connectivity index (χ3n) is 4.37. The molecule has 22 heavy (non-hydrogen) atoms. The van der Waals surface area contributed by atoms with E-state index in [4.69, 9.17) is 5.73 Å². The van der Waals surface area contributed by atoms with Crippen molar-refractivity contribution in [3.8, 4) is 0 Å². The van der Waals surface area contributed by atoms with Crippen LogP contribution in [0.5, 0.6) is 0 Å². The van der Waals surface area contributed by atoms with Gasteiger partial charge in [0.15, 0.2) is 0 Å². The molecular weight excluding hydrogens is 276 g/mol. The van der Waals surface area contributed by atoms with Crippen molar-refractivity contribution in [2.24, 2.45) is 5.73 Å². The van der Waals surface area contributed by atoms with Crippen molar-refractivity contribution >= 4 is 5.91 Å².